The van der Waals surface area contributed by atoms with Crippen molar-refractivity contribution >= 4 is 62.1 Å². The quantitative estimate of drug-likeness (QED) is 0.0882. The SMILES string of the molecule is CCN(c1ccc(OCCCCCC(=O)Nc2cccc3c2C(=O)N(C2CCC(=O)NC2=O)C3=O)cc1)S(=O)(=O)C1C[C@H]2O[C@@H]1C(c1ccc(O)cc1)=C2c1ccc(O)cc1. The van der Waals surface area contributed by atoms with E-state index in [4.69, 9.17) is 9.47 Å². The van der Waals surface area contributed by atoms with Crippen molar-refractivity contribution in [2.75, 3.05) is 22.8 Å². The number of rotatable bonds is 15. The summed E-state index contributed by atoms with van der Waals surface area (Å²) in [6, 6.07) is 23.6. The molecule has 0 spiro atoms. The first kappa shape index (κ1) is 41.2. The summed E-state index contributed by atoms with van der Waals surface area (Å²) in [5.74, 6) is -2.12. The van der Waals surface area contributed by atoms with Gasteiger partial charge in [-0.3, -0.25) is 38.5 Å². The summed E-state index contributed by atoms with van der Waals surface area (Å²) in [5.41, 5.74) is 3.93. The van der Waals surface area contributed by atoms with Crippen LogP contribution in [0, 0.1) is 0 Å². The van der Waals surface area contributed by atoms with Gasteiger partial charge in [0.1, 0.15) is 34.6 Å². The Morgan fingerprint density at radius 1 is 0.869 bits per heavy atom. The Morgan fingerprint density at radius 2 is 1.54 bits per heavy atom. The van der Waals surface area contributed by atoms with E-state index in [1.165, 1.54) is 16.4 Å². The standard InChI is InChI=1S/C45H44N4O11S/c1-2-48(61(57,58)36-25-35-39(26-10-16-29(50)17-11-26)40(42(36)60-35)27-12-18-30(51)19-13-27)28-14-20-31(21-15-28)59-24-5-3-4-9-37(52)46-33-8-6-7-32-41(33)45(56)49(44(32)55)34-22-23-38(53)47-43(34)54/h6-8,10-21,34-36,42,50-51H,2-5,9,22-25H2,1H3,(H,46,52)(H,47,53,54)/t34?,35-,36?,42+/m1/s1. The van der Waals surface area contributed by atoms with Gasteiger partial charge in [0.2, 0.25) is 27.7 Å². The number of hydrogen-bond acceptors (Lipinski definition) is 11. The Hall–Kier alpha value is -6.52. The molecule has 4 atom stereocenters. The van der Waals surface area contributed by atoms with E-state index in [2.05, 4.69) is 10.6 Å². The van der Waals surface area contributed by atoms with Gasteiger partial charge in [0.25, 0.3) is 11.8 Å². The summed E-state index contributed by atoms with van der Waals surface area (Å²) >= 11 is 0. The van der Waals surface area contributed by atoms with Crippen molar-refractivity contribution in [3.05, 3.63) is 113 Å². The van der Waals surface area contributed by atoms with E-state index in [0.29, 0.717) is 37.3 Å². The highest BCUT2D eigenvalue weighted by Crippen LogP contribution is 2.51. The van der Waals surface area contributed by atoms with Gasteiger partial charge in [-0.15, -0.1) is 0 Å². The van der Waals surface area contributed by atoms with E-state index in [9.17, 15) is 42.6 Å². The molecule has 8 rings (SSSR count). The van der Waals surface area contributed by atoms with Crippen LogP contribution in [0.2, 0.25) is 0 Å². The number of phenols is 2. The number of aromatic hydroxyl groups is 2. The zero-order valence-electron chi connectivity index (χ0n) is 33.2. The molecule has 4 heterocycles. The summed E-state index contributed by atoms with van der Waals surface area (Å²) in [7, 11) is -3.93. The molecule has 4 aliphatic rings. The maximum atomic E-state index is 14.4. The summed E-state index contributed by atoms with van der Waals surface area (Å²) in [6.45, 7) is 2.32. The number of sulfonamides is 1. The van der Waals surface area contributed by atoms with Gasteiger partial charge >= 0.3 is 0 Å². The lowest BCUT2D eigenvalue weighted by atomic mass is 9.83. The summed E-state index contributed by atoms with van der Waals surface area (Å²) in [6.07, 6.45) is 1.01. The maximum Gasteiger partial charge on any atom is 0.264 e. The normalized spacial score (nSPS) is 20.8. The number of imide groups is 2. The highest BCUT2D eigenvalue weighted by Gasteiger charge is 2.54. The lowest BCUT2D eigenvalue weighted by molar-refractivity contribution is -0.136. The number of phenolic OH excluding ortho intramolecular Hbond substituents is 2. The number of anilines is 2. The number of piperidine rings is 1. The monoisotopic (exact) mass is 848 g/mol. The van der Waals surface area contributed by atoms with Crippen molar-refractivity contribution in [2.45, 2.75) is 75.4 Å². The van der Waals surface area contributed by atoms with Crippen LogP contribution in [0.4, 0.5) is 11.4 Å². The summed E-state index contributed by atoms with van der Waals surface area (Å²) in [4.78, 5) is 64.2. The number of nitrogens with one attached hydrogen (secondary N) is 2. The number of carbonyl (C=O) groups is 5. The van der Waals surface area contributed by atoms with Crippen LogP contribution < -0.4 is 19.7 Å². The van der Waals surface area contributed by atoms with Crippen LogP contribution in [0.25, 0.3) is 11.1 Å². The first-order valence-corrected chi connectivity index (χ1v) is 21.7. The van der Waals surface area contributed by atoms with E-state index >= 15 is 0 Å². The van der Waals surface area contributed by atoms with Gasteiger partial charge in [0.15, 0.2) is 0 Å². The lowest BCUT2D eigenvalue weighted by Crippen LogP contribution is -2.54. The number of fused-ring (bicyclic) bond motifs is 3. The molecule has 4 N–H and O–H groups in total. The second-order valence-electron chi connectivity index (χ2n) is 15.3. The fourth-order valence-electron chi connectivity index (χ4n) is 8.61. The maximum absolute atomic E-state index is 14.4. The van der Waals surface area contributed by atoms with Gasteiger partial charge in [0.05, 0.1) is 35.2 Å². The minimum absolute atomic E-state index is 0.00281. The number of benzene rings is 4. The molecule has 0 radical (unpaired) electrons. The number of carbonyl (C=O) groups excluding carboxylic acids is 5. The molecule has 2 saturated heterocycles. The Kier molecular flexibility index (Phi) is 11.4. The van der Waals surface area contributed by atoms with Gasteiger partial charge in [-0.25, -0.2) is 8.42 Å². The van der Waals surface area contributed by atoms with Crippen LogP contribution in [0.15, 0.2) is 91.0 Å². The van der Waals surface area contributed by atoms with Crippen LogP contribution in [0.3, 0.4) is 0 Å². The zero-order chi connectivity index (χ0) is 43.0. The summed E-state index contributed by atoms with van der Waals surface area (Å²) < 4.78 is 42.5. The molecular formula is C45H44N4O11S. The van der Waals surface area contributed by atoms with Crippen molar-refractivity contribution in [2.24, 2.45) is 0 Å². The minimum Gasteiger partial charge on any atom is -0.508 e. The molecule has 316 valence electrons. The molecule has 16 heteroatoms. The Bertz CT molecular complexity index is 2540. The van der Waals surface area contributed by atoms with Crippen LogP contribution in [-0.4, -0.2) is 89.7 Å². The highest BCUT2D eigenvalue weighted by molar-refractivity contribution is 7.93. The van der Waals surface area contributed by atoms with Gasteiger partial charge in [-0.05, 0) is 122 Å². The third kappa shape index (κ3) is 7.95. The molecule has 2 fully saturated rings. The molecule has 61 heavy (non-hydrogen) atoms. The Balaban J connectivity index is 0.839. The smallest absolute Gasteiger partial charge is 0.264 e. The molecular weight excluding hydrogens is 805 g/mol. The van der Waals surface area contributed by atoms with Crippen LogP contribution >= 0.6 is 0 Å². The summed E-state index contributed by atoms with van der Waals surface area (Å²) in [5, 5.41) is 23.9. The molecule has 2 bridgehead atoms. The number of hydrogen-bond donors (Lipinski definition) is 4. The first-order chi connectivity index (χ1) is 29.3. The topological polar surface area (TPSA) is 209 Å². The number of nitrogens with zero attached hydrogens (tertiary/aromatic N) is 2. The molecule has 0 aliphatic carbocycles. The van der Waals surface area contributed by atoms with Gasteiger partial charge in [-0.1, -0.05) is 30.3 Å². The average molecular weight is 849 g/mol. The van der Waals surface area contributed by atoms with Gasteiger partial charge in [-0.2, -0.15) is 0 Å². The van der Waals surface area contributed by atoms with Crippen molar-refractivity contribution in [3.63, 3.8) is 0 Å². The highest BCUT2D eigenvalue weighted by atomic mass is 32.2. The molecule has 5 amide bonds. The van der Waals surface area contributed by atoms with E-state index in [1.807, 2.05) is 0 Å². The molecule has 4 aliphatic heterocycles. The minimum atomic E-state index is -3.93. The second kappa shape index (κ2) is 16.9. The van der Waals surface area contributed by atoms with E-state index < -0.39 is 57.2 Å². The van der Waals surface area contributed by atoms with Crippen LogP contribution in [0.1, 0.15) is 83.7 Å². The average Bonchev–Trinajstić information content (AvgIpc) is 3.91. The predicted molar refractivity (Wildman–Crippen MR) is 224 cm³/mol. The van der Waals surface area contributed by atoms with Gasteiger partial charge in [0, 0.05) is 19.4 Å². The van der Waals surface area contributed by atoms with Crippen LogP contribution in [-0.2, 0) is 29.1 Å². The second-order valence-corrected chi connectivity index (χ2v) is 17.4. The van der Waals surface area contributed by atoms with Crippen molar-refractivity contribution in [3.8, 4) is 17.2 Å². The largest absolute Gasteiger partial charge is 0.508 e. The van der Waals surface area contributed by atoms with Crippen LogP contribution in [0.5, 0.6) is 17.2 Å². The lowest BCUT2D eigenvalue weighted by Gasteiger charge is -2.31. The molecule has 4 aromatic rings. The third-order valence-electron chi connectivity index (χ3n) is 11.5. The number of unbranched alkanes of at least 4 members (excludes halogenated alkanes) is 2. The predicted octanol–water partition coefficient (Wildman–Crippen LogP) is 5.38. The van der Waals surface area contributed by atoms with E-state index in [0.717, 1.165) is 27.2 Å². The molecule has 0 saturated carbocycles. The third-order valence-corrected chi connectivity index (χ3v) is 13.8. The zero-order valence-corrected chi connectivity index (χ0v) is 34.0. The number of amides is 5. The fourth-order valence-corrected chi connectivity index (χ4v) is 10.6. The van der Waals surface area contributed by atoms with Crippen molar-refractivity contribution in [1.82, 2.24) is 10.2 Å². The van der Waals surface area contributed by atoms with E-state index in [-0.39, 0.29) is 66.4 Å². The van der Waals surface area contributed by atoms with Gasteiger partial charge < -0.3 is 25.0 Å². The fraction of sp³-hybridized carbons (Fsp3) is 0.311. The molecule has 0 aromatic heterocycles. The number of ether oxygens (including phenoxy) is 2. The van der Waals surface area contributed by atoms with Crippen molar-refractivity contribution in [1.29, 1.82) is 0 Å². The molecule has 2 unspecified atom stereocenters. The molecule has 15 nitrogen and oxygen atoms in total. The molecule has 4 aromatic carbocycles. The Labute approximate surface area is 352 Å². The first-order valence-electron chi connectivity index (χ1n) is 20.2. The van der Waals surface area contributed by atoms with E-state index in [1.54, 1.807) is 85.8 Å². The Morgan fingerprint density at radius 3 is 2.20 bits per heavy atom. The van der Waals surface area contributed by atoms with Crippen molar-refractivity contribution < 1.29 is 52.1 Å².